The minimum Gasteiger partial charge on any atom is -0.380 e. The second-order valence-electron chi connectivity index (χ2n) is 6.63. The molecule has 0 spiro atoms. The lowest BCUT2D eigenvalue weighted by Gasteiger charge is -2.38. The number of hydrogen-bond donors (Lipinski definition) is 1. The molecule has 0 heterocycles. The molecule has 0 aromatic carbocycles. The molecule has 0 radical (unpaired) electrons. The van der Waals surface area contributed by atoms with E-state index < -0.39 is 0 Å². The fraction of sp³-hybridized carbons (Fsp3) is 1.00. The minimum atomic E-state index is 0.508. The summed E-state index contributed by atoms with van der Waals surface area (Å²) in [6, 6.07) is 1.19. The van der Waals surface area contributed by atoms with Crippen LogP contribution in [0.4, 0.5) is 0 Å². The van der Waals surface area contributed by atoms with E-state index in [2.05, 4.69) is 39.9 Å². The average molecular weight is 241 g/mol. The van der Waals surface area contributed by atoms with Gasteiger partial charge in [0.1, 0.15) is 0 Å². The summed E-state index contributed by atoms with van der Waals surface area (Å²) in [4.78, 5) is 0. The molecule has 102 valence electrons. The second kappa shape index (κ2) is 6.75. The van der Waals surface area contributed by atoms with E-state index in [1.807, 2.05) is 0 Å². The molecule has 2 atom stereocenters. The zero-order valence-electron chi connectivity index (χ0n) is 12.4. The van der Waals surface area contributed by atoms with E-state index in [-0.39, 0.29) is 0 Å². The van der Waals surface area contributed by atoms with Crippen molar-refractivity contribution < 1.29 is 4.74 Å². The molecule has 17 heavy (non-hydrogen) atoms. The van der Waals surface area contributed by atoms with Crippen molar-refractivity contribution in [1.29, 1.82) is 0 Å². The highest BCUT2D eigenvalue weighted by molar-refractivity contribution is 4.86. The van der Waals surface area contributed by atoms with Gasteiger partial charge in [0.15, 0.2) is 0 Å². The van der Waals surface area contributed by atoms with Crippen LogP contribution in [0.1, 0.15) is 60.3 Å². The summed E-state index contributed by atoms with van der Waals surface area (Å²) >= 11 is 0. The van der Waals surface area contributed by atoms with Gasteiger partial charge in [-0.05, 0) is 37.5 Å². The van der Waals surface area contributed by atoms with Gasteiger partial charge in [-0.25, -0.2) is 0 Å². The molecule has 0 aliphatic heterocycles. The maximum atomic E-state index is 5.59. The molecule has 2 nitrogen and oxygen atoms in total. The van der Waals surface area contributed by atoms with Crippen LogP contribution in [0.15, 0.2) is 0 Å². The fourth-order valence-corrected chi connectivity index (χ4v) is 2.82. The summed E-state index contributed by atoms with van der Waals surface area (Å²) in [6.07, 6.45) is 5.38. The first-order valence-corrected chi connectivity index (χ1v) is 7.28. The summed E-state index contributed by atoms with van der Waals surface area (Å²) in [5.41, 5.74) is 0.517. The van der Waals surface area contributed by atoms with Crippen LogP contribution in [0.3, 0.4) is 0 Å². The first-order chi connectivity index (χ1) is 7.94. The predicted octanol–water partition coefficient (Wildman–Crippen LogP) is 3.61. The largest absolute Gasteiger partial charge is 0.380 e. The van der Waals surface area contributed by atoms with Crippen molar-refractivity contribution in [2.45, 2.75) is 72.4 Å². The molecule has 1 rings (SSSR count). The van der Waals surface area contributed by atoms with E-state index in [0.29, 0.717) is 23.4 Å². The standard InChI is InChI=1S/C15H31NO/c1-6-17-11-14(12(2)3)16-13-8-7-9-15(4,5)10-13/h12-14,16H,6-11H2,1-5H3. The Kier molecular flexibility index (Phi) is 5.94. The Balaban J connectivity index is 2.43. The Bertz CT molecular complexity index is 213. The first-order valence-electron chi connectivity index (χ1n) is 7.28. The van der Waals surface area contributed by atoms with Crippen LogP contribution in [-0.2, 0) is 4.74 Å². The molecule has 0 aromatic rings. The Morgan fingerprint density at radius 2 is 2.06 bits per heavy atom. The van der Waals surface area contributed by atoms with E-state index in [1.165, 1.54) is 25.7 Å². The molecule has 1 N–H and O–H groups in total. The van der Waals surface area contributed by atoms with Gasteiger partial charge in [-0.15, -0.1) is 0 Å². The summed E-state index contributed by atoms with van der Waals surface area (Å²) in [7, 11) is 0. The molecule has 2 heteroatoms. The molecule has 1 saturated carbocycles. The first kappa shape index (κ1) is 15.0. The quantitative estimate of drug-likeness (QED) is 0.767. The average Bonchev–Trinajstić information content (AvgIpc) is 2.22. The summed E-state index contributed by atoms with van der Waals surface area (Å²) < 4.78 is 5.59. The number of nitrogens with one attached hydrogen (secondary N) is 1. The van der Waals surface area contributed by atoms with E-state index in [4.69, 9.17) is 4.74 Å². The van der Waals surface area contributed by atoms with E-state index in [1.54, 1.807) is 0 Å². The lowest BCUT2D eigenvalue weighted by molar-refractivity contribution is 0.0919. The van der Waals surface area contributed by atoms with Crippen molar-refractivity contribution in [1.82, 2.24) is 5.32 Å². The van der Waals surface area contributed by atoms with Crippen molar-refractivity contribution in [2.75, 3.05) is 13.2 Å². The maximum absolute atomic E-state index is 5.59. The Morgan fingerprint density at radius 3 is 2.59 bits per heavy atom. The van der Waals surface area contributed by atoms with Crippen LogP contribution >= 0.6 is 0 Å². The Morgan fingerprint density at radius 1 is 1.35 bits per heavy atom. The number of ether oxygens (including phenoxy) is 1. The van der Waals surface area contributed by atoms with Gasteiger partial charge in [0.2, 0.25) is 0 Å². The lowest BCUT2D eigenvalue weighted by Crippen LogP contribution is -2.47. The summed E-state index contributed by atoms with van der Waals surface area (Å²) in [5, 5.41) is 3.82. The topological polar surface area (TPSA) is 21.3 Å². The number of rotatable bonds is 6. The molecule has 0 aromatic heterocycles. The van der Waals surface area contributed by atoms with Crippen molar-refractivity contribution >= 4 is 0 Å². The molecule has 2 unspecified atom stereocenters. The molecular formula is C15H31NO. The fourth-order valence-electron chi connectivity index (χ4n) is 2.82. The lowest BCUT2D eigenvalue weighted by atomic mass is 9.75. The second-order valence-corrected chi connectivity index (χ2v) is 6.63. The van der Waals surface area contributed by atoms with Crippen molar-refractivity contribution in [3.63, 3.8) is 0 Å². The van der Waals surface area contributed by atoms with Gasteiger partial charge in [-0.3, -0.25) is 0 Å². The minimum absolute atomic E-state index is 0.508. The van der Waals surface area contributed by atoms with E-state index in [0.717, 1.165) is 13.2 Å². The van der Waals surface area contributed by atoms with Gasteiger partial charge >= 0.3 is 0 Å². The molecule has 1 fully saturated rings. The molecule has 1 aliphatic carbocycles. The van der Waals surface area contributed by atoms with Crippen LogP contribution in [0, 0.1) is 11.3 Å². The highest BCUT2D eigenvalue weighted by Crippen LogP contribution is 2.35. The van der Waals surface area contributed by atoms with Crippen LogP contribution < -0.4 is 5.32 Å². The summed E-state index contributed by atoms with van der Waals surface area (Å²) in [5.74, 6) is 0.645. The van der Waals surface area contributed by atoms with Crippen LogP contribution in [0.2, 0.25) is 0 Å². The van der Waals surface area contributed by atoms with Gasteiger partial charge in [-0.2, -0.15) is 0 Å². The van der Waals surface area contributed by atoms with Crippen LogP contribution in [0.25, 0.3) is 0 Å². The monoisotopic (exact) mass is 241 g/mol. The van der Waals surface area contributed by atoms with Crippen molar-refractivity contribution in [3.8, 4) is 0 Å². The molecule has 0 amide bonds. The van der Waals surface area contributed by atoms with Gasteiger partial charge < -0.3 is 10.1 Å². The highest BCUT2D eigenvalue weighted by Gasteiger charge is 2.29. The molecule has 0 saturated heterocycles. The predicted molar refractivity (Wildman–Crippen MR) is 74.3 cm³/mol. The smallest absolute Gasteiger partial charge is 0.0622 e. The maximum Gasteiger partial charge on any atom is 0.0622 e. The van der Waals surface area contributed by atoms with Crippen molar-refractivity contribution in [3.05, 3.63) is 0 Å². The third kappa shape index (κ3) is 5.39. The number of hydrogen-bond acceptors (Lipinski definition) is 2. The van der Waals surface area contributed by atoms with E-state index >= 15 is 0 Å². The third-order valence-corrected chi connectivity index (χ3v) is 3.96. The third-order valence-electron chi connectivity index (χ3n) is 3.96. The SMILES string of the molecule is CCOCC(NC1CCCC(C)(C)C1)C(C)C. The molecular weight excluding hydrogens is 210 g/mol. The van der Waals surface area contributed by atoms with Crippen LogP contribution in [-0.4, -0.2) is 25.3 Å². The Labute approximate surface area is 108 Å². The normalized spacial score (nSPS) is 26.1. The zero-order chi connectivity index (χ0) is 12.9. The summed E-state index contributed by atoms with van der Waals surface area (Å²) in [6.45, 7) is 13.1. The zero-order valence-corrected chi connectivity index (χ0v) is 12.4. The molecule has 0 bridgehead atoms. The van der Waals surface area contributed by atoms with Gasteiger partial charge in [0.05, 0.1) is 6.61 Å². The van der Waals surface area contributed by atoms with Gasteiger partial charge in [0.25, 0.3) is 0 Å². The van der Waals surface area contributed by atoms with Gasteiger partial charge in [0, 0.05) is 18.7 Å². The van der Waals surface area contributed by atoms with Crippen molar-refractivity contribution in [2.24, 2.45) is 11.3 Å². The van der Waals surface area contributed by atoms with Crippen LogP contribution in [0.5, 0.6) is 0 Å². The highest BCUT2D eigenvalue weighted by atomic mass is 16.5. The van der Waals surface area contributed by atoms with E-state index in [9.17, 15) is 0 Å². The van der Waals surface area contributed by atoms with Gasteiger partial charge in [-0.1, -0.05) is 34.1 Å². The Hall–Kier alpha value is -0.0800. The molecule has 1 aliphatic rings.